The summed E-state index contributed by atoms with van der Waals surface area (Å²) in [5, 5.41) is 0. The molecule has 0 bridgehead atoms. The second-order valence-electron chi connectivity index (χ2n) is 1.94. The van der Waals surface area contributed by atoms with Gasteiger partial charge in [0.15, 0.2) is 0 Å². The second kappa shape index (κ2) is 6.00. The molecular weight excluding hydrogens is 163 g/mol. The number of benzene rings is 1. The number of rotatable bonds is 2. The molecule has 0 aliphatic rings. The molecule has 0 radical (unpaired) electrons. The summed E-state index contributed by atoms with van der Waals surface area (Å²) in [5.41, 5.74) is 0.535. The topological polar surface area (TPSA) is 26.3 Å². The van der Waals surface area contributed by atoms with Crippen LogP contribution in [0.3, 0.4) is 0 Å². The van der Waals surface area contributed by atoms with E-state index in [2.05, 4.69) is 11.3 Å². The molecule has 3 heteroatoms. The number of carbonyl (C=O) groups excluding carboxylic acids is 1. The molecule has 0 amide bonds. The zero-order valence-corrected chi connectivity index (χ0v) is 5.99. The molecular formula is C9H9NaO2. The number of ether oxygens (including phenoxy) is 1. The van der Waals surface area contributed by atoms with Gasteiger partial charge >= 0.3 is 35.5 Å². The molecule has 1 aromatic rings. The Morgan fingerprint density at radius 2 is 1.92 bits per heavy atom. The molecule has 0 atom stereocenters. The van der Waals surface area contributed by atoms with Crippen molar-refractivity contribution in [2.45, 2.75) is 0 Å². The van der Waals surface area contributed by atoms with Crippen LogP contribution in [0.25, 0.3) is 0 Å². The molecule has 0 aliphatic carbocycles. The Morgan fingerprint density at radius 3 is 2.42 bits per heavy atom. The van der Waals surface area contributed by atoms with E-state index in [1.54, 1.807) is 24.3 Å². The molecule has 0 fully saturated rings. The first-order valence-corrected chi connectivity index (χ1v) is 3.21. The zero-order chi connectivity index (χ0) is 8.10. The molecule has 0 aliphatic heterocycles. The number of esters is 1. The fourth-order valence-electron chi connectivity index (χ4n) is 0.718. The third-order valence-corrected chi connectivity index (χ3v) is 1.20. The van der Waals surface area contributed by atoms with Crippen LogP contribution in [0.15, 0.2) is 43.2 Å². The van der Waals surface area contributed by atoms with E-state index >= 15 is 0 Å². The molecule has 2 nitrogen and oxygen atoms in total. The van der Waals surface area contributed by atoms with Crippen molar-refractivity contribution >= 4 is 35.5 Å². The molecule has 0 N–H and O–H groups in total. The Kier molecular flexibility index (Phi) is 5.72. The Labute approximate surface area is 93.5 Å². The molecule has 0 spiro atoms. The number of hydrogen-bond acceptors (Lipinski definition) is 2. The van der Waals surface area contributed by atoms with E-state index in [-0.39, 0.29) is 35.5 Å². The van der Waals surface area contributed by atoms with Gasteiger partial charge in [-0.1, -0.05) is 24.8 Å². The standard InChI is InChI=1S/C9H8O2.Na.H/c1-2-11-9(10)8-6-4-3-5-7-8;;/h2-7H,1H2;;. The first-order chi connectivity index (χ1) is 5.34. The molecule has 58 valence electrons. The van der Waals surface area contributed by atoms with Crippen LogP contribution in [-0.2, 0) is 4.74 Å². The monoisotopic (exact) mass is 172 g/mol. The summed E-state index contributed by atoms with van der Waals surface area (Å²) in [5.74, 6) is -0.374. The fourth-order valence-corrected chi connectivity index (χ4v) is 0.718. The SMILES string of the molecule is C=COC(=O)c1ccccc1.[NaH]. The van der Waals surface area contributed by atoms with Crippen molar-refractivity contribution in [2.75, 3.05) is 0 Å². The van der Waals surface area contributed by atoms with Crippen molar-refractivity contribution in [2.24, 2.45) is 0 Å². The molecule has 0 saturated heterocycles. The van der Waals surface area contributed by atoms with Crippen LogP contribution < -0.4 is 0 Å². The summed E-state index contributed by atoms with van der Waals surface area (Å²) < 4.78 is 4.55. The third-order valence-electron chi connectivity index (χ3n) is 1.20. The van der Waals surface area contributed by atoms with Crippen molar-refractivity contribution in [3.05, 3.63) is 48.7 Å². The van der Waals surface area contributed by atoms with Gasteiger partial charge in [0.1, 0.15) is 0 Å². The molecule has 0 aromatic heterocycles. The van der Waals surface area contributed by atoms with Gasteiger partial charge in [-0.3, -0.25) is 0 Å². The summed E-state index contributed by atoms with van der Waals surface area (Å²) in [6.07, 6.45) is 1.12. The van der Waals surface area contributed by atoms with Crippen LogP contribution in [0.4, 0.5) is 0 Å². The minimum absolute atomic E-state index is 0. The van der Waals surface area contributed by atoms with Gasteiger partial charge in [-0.15, -0.1) is 0 Å². The van der Waals surface area contributed by atoms with Crippen LogP contribution in [0.2, 0.25) is 0 Å². The Balaban J connectivity index is 0.00000121. The fraction of sp³-hybridized carbons (Fsp3) is 0. The van der Waals surface area contributed by atoms with Crippen LogP contribution in [0.1, 0.15) is 10.4 Å². The first kappa shape index (κ1) is 11.4. The molecule has 0 unspecified atom stereocenters. The quantitative estimate of drug-likeness (QED) is 0.382. The summed E-state index contributed by atoms with van der Waals surface area (Å²) in [4.78, 5) is 11.0. The van der Waals surface area contributed by atoms with Crippen molar-refractivity contribution in [3.63, 3.8) is 0 Å². The predicted octanol–water partition coefficient (Wildman–Crippen LogP) is 1.34. The van der Waals surface area contributed by atoms with Gasteiger partial charge in [-0.2, -0.15) is 0 Å². The third kappa shape index (κ3) is 3.22. The van der Waals surface area contributed by atoms with Crippen molar-refractivity contribution in [1.82, 2.24) is 0 Å². The van der Waals surface area contributed by atoms with Gasteiger partial charge in [0.2, 0.25) is 0 Å². The van der Waals surface area contributed by atoms with Crippen LogP contribution >= 0.6 is 0 Å². The molecule has 0 saturated carbocycles. The minimum atomic E-state index is -0.374. The van der Waals surface area contributed by atoms with Gasteiger partial charge in [0.25, 0.3) is 0 Å². The summed E-state index contributed by atoms with van der Waals surface area (Å²) >= 11 is 0. The summed E-state index contributed by atoms with van der Waals surface area (Å²) in [6, 6.07) is 8.77. The van der Waals surface area contributed by atoms with Crippen LogP contribution in [0.5, 0.6) is 0 Å². The van der Waals surface area contributed by atoms with Gasteiger partial charge in [0, 0.05) is 0 Å². The van der Waals surface area contributed by atoms with Gasteiger partial charge < -0.3 is 4.74 Å². The number of hydrogen-bond donors (Lipinski definition) is 0. The van der Waals surface area contributed by atoms with E-state index in [0.29, 0.717) is 5.56 Å². The predicted molar refractivity (Wildman–Crippen MR) is 49.2 cm³/mol. The van der Waals surface area contributed by atoms with E-state index in [4.69, 9.17) is 0 Å². The molecule has 1 aromatic carbocycles. The maximum atomic E-state index is 11.0. The van der Waals surface area contributed by atoms with Crippen LogP contribution in [-0.4, -0.2) is 35.5 Å². The average molecular weight is 172 g/mol. The van der Waals surface area contributed by atoms with Gasteiger partial charge in [0.05, 0.1) is 11.8 Å². The van der Waals surface area contributed by atoms with Gasteiger partial charge in [-0.05, 0) is 12.1 Å². The van der Waals surface area contributed by atoms with E-state index < -0.39 is 0 Å². The molecule has 1 rings (SSSR count). The Bertz CT molecular complexity index is 256. The average Bonchev–Trinajstić information content (AvgIpc) is 2.07. The maximum absolute atomic E-state index is 11.0. The van der Waals surface area contributed by atoms with Crippen molar-refractivity contribution < 1.29 is 9.53 Å². The van der Waals surface area contributed by atoms with Crippen molar-refractivity contribution in [1.29, 1.82) is 0 Å². The molecule has 0 heterocycles. The number of carbonyl (C=O) groups is 1. The van der Waals surface area contributed by atoms with E-state index in [0.717, 1.165) is 6.26 Å². The zero-order valence-electron chi connectivity index (χ0n) is 5.99. The van der Waals surface area contributed by atoms with E-state index in [1.807, 2.05) is 6.07 Å². The van der Waals surface area contributed by atoms with Gasteiger partial charge in [-0.25, -0.2) is 4.79 Å². The normalized spacial score (nSPS) is 8.00. The van der Waals surface area contributed by atoms with E-state index in [9.17, 15) is 4.79 Å². The summed E-state index contributed by atoms with van der Waals surface area (Å²) in [6.45, 7) is 3.28. The summed E-state index contributed by atoms with van der Waals surface area (Å²) in [7, 11) is 0. The second-order valence-corrected chi connectivity index (χ2v) is 1.94. The first-order valence-electron chi connectivity index (χ1n) is 3.21. The molecule has 12 heavy (non-hydrogen) atoms. The van der Waals surface area contributed by atoms with E-state index in [1.165, 1.54) is 0 Å². The Hall–Kier alpha value is -0.570. The van der Waals surface area contributed by atoms with Crippen LogP contribution in [0, 0.1) is 0 Å². The Morgan fingerprint density at radius 1 is 1.33 bits per heavy atom. The van der Waals surface area contributed by atoms with Crippen molar-refractivity contribution in [3.8, 4) is 0 Å².